The molecule has 1 aliphatic rings. The van der Waals surface area contributed by atoms with Gasteiger partial charge in [-0.1, -0.05) is 19.3 Å². The fraction of sp³-hybridized carbons (Fsp3) is 0.533. The molecule has 17 heavy (non-hydrogen) atoms. The van der Waals surface area contributed by atoms with E-state index in [1.54, 1.807) is 0 Å². The van der Waals surface area contributed by atoms with Crippen LogP contribution in [0.4, 0.5) is 5.69 Å². The zero-order valence-corrected chi connectivity index (χ0v) is 10.5. The van der Waals surface area contributed by atoms with Crippen LogP contribution in [0.3, 0.4) is 0 Å². The molecule has 2 nitrogen and oxygen atoms in total. The number of benzene rings is 1. The summed E-state index contributed by atoms with van der Waals surface area (Å²) in [7, 11) is 0. The fourth-order valence-electron chi connectivity index (χ4n) is 2.55. The van der Waals surface area contributed by atoms with E-state index < -0.39 is 0 Å². The Hall–Kier alpha value is -1.49. The molecule has 1 aromatic rings. The van der Waals surface area contributed by atoms with Crippen LogP contribution in [0.2, 0.25) is 0 Å². The molecule has 0 spiro atoms. The van der Waals surface area contributed by atoms with Crippen LogP contribution in [0.25, 0.3) is 0 Å². The number of nitriles is 1. The lowest BCUT2D eigenvalue weighted by Gasteiger charge is -2.22. The molecule has 0 bridgehead atoms. The van der Waals surface area contributed by atoms with Crippen molar-refractivity contribution in [1.82, 2.24) is 0 Å². The molecule has 0 aliphatic heterocycles. The third-order valence-corrected chi connectivity index (χ3v) is 3.67. The number of hydrogen-bond acceptors (Lipinski definition) is 2. The van der Waals surface area contributed by atoms with Gasteiger partial charge in [-0.3, -0.25) is 0 Å². The maximum atomic E-state index is 8.87. The van der Waals surface area contributed by atoms with E-state index in [0.29, 0.717) is 0 Å². The number of aryl methyl sites for hydroxylation is 1. The highest BCUT2D eigenvalue weighted by Gasteiger charge is 2.12. The molecular weight excluding hydrogens is 208 g/mol. The highest BCUT2D eigenvalue weighted by atomic mass is 14.9. The molecule has 1 aromatic carbocycles. The van der Waals surface area contributed by atoms with Gasteiger partial charge in [0.15, 0.2) is 0 Å². The van der Waals surface area contributed by atoms with Crippen LogP contribution in [0.1, 0.15) is 43.2 Å². The quantitative estimate of drug-likeness (QED) is 0.852. The van der Waals surface area contributed by atoms with Gasteiger partial charge in [0.25, 0.3) is 0 Å². The van der Waals surface area contributed by atoms with Crippen LogP contribution in [0, 0.1) is 24.2 Å². The summed E-state index contributed by atoms with van der Waals surface area (Å²) in [6.45, 7) is 3.07. The summed E-state index contributed by atoms with van der Waals surface area (Å²) in [5.74, 6) is 0.833. The van der Waals surface area contributed by atoms with Crippen LogP contribution < -0.4 is 5.32 Å². The number of anilines is 1. The summed E-state index contributed by atoms with van der Waals surface area (Å²) in [6, 6.07) is 8.18. The van der Waals surface area contributed by atoms with E-state index in [1.165, 1.54) is 32.1 Å². The molecule has 0 radical (unpaired) electrons. The van der Waals surface area contributed by atoms with E-state index in [4.69, 9.17) is 5.26 Å². The fourth-order valence-corrected chi connectivity index (χ4v) is 2.55. The van der Waals surface area contributed by atoms with Crippen molar-refractivity contribution in [3.05, 3.63) is 29.3 Å². The van der Waals surface area contributed by atoms with E-state index in [9.17, 15) is 0 Å². The van der Waals surface area contributed by atoms with Crippen LogP contribution >= 0.6 is 0 Å². The summed E-state index contributed by atoms with van der Waals surface area (Å²) in [5.41, 5.74) is 2.97. The highest BCUT2D eigenvalue weighted by molar-refractivity contribution is 5.51. The van der Waals surface area contributed by atoms with Crippen molar-refractivity contribution in [2.75, 3.05) is 11.9 Å². The molecular formula is C15H20N2. The van der Waals surface area contributed by atoms with Gasteiger partial charge in [-0.15, -0.1) is 0 Å². The Kier molecular flexibility index (Phi) is 4.03. The maximum absolute atomic E-state index is 8.87. The molecule has 0 saturated heterocycles. The van der Waals surface area contributed by atoms with E-state index in [-0.39, 0.29) is 0 Å². The second-order valence-electron chi connectivity index (χ2n) is 5.03. The van der Waals surface area contributed by atoms with Gasteiger partial charge in [-0.25, -0.2) is 0 Å². The number of nitrogens with one attached hydrogen (secondary N) is 1. The molecule has 0 amide bonds. The zero-order valence-electron chi connectivity index (χ0n) is 10.5. The monoisotopic (exact) mass is 228 g/mol. The van der Waals surface area contributed by atoms with E-state index in [0.717, 1.165) is 29.3 Å². The lowest BCUT2D eigenvalue weighted by molar-refractivity contribution is 0.373. The Morgan fingerprint density at radius 1 is 1.29 bits per heavy atom. The summed E-state index contributed by atoms with van der Waals surface area (Å²) < 4.78 is 0. The van der Waals surface area contributed by atoms with Gasteiger partial charge in [-0.2, -0.15) is 5.26 Å². The molecule has 1 N–H and O–H groups in total. The number of rotatable bonds is 3. The first kappa shape index (κ1) is 12.0. The second kappa shape index (κ2) is 5.72. The summed E-state index contributed by atoms with van der Waals surface area (Å²) in [4.78, 5) is 0. The lowest BCUT2D eigenvalue weighted by atomic mass is 9.89. The summed E-state index contributed by atoms with van der Waals surface area (Å²) in [6.07, 6.45) is 6.91. The average molecular weight is 228 g/mol. The van der Waals surface area contributed by atoms with Gasteiger partial charge >= 0.3 is 0 Å². The average Bonchev–Trinajstić information content (AvgIpc) is 2.38. The Labute approximate surface area is 104 Å². The zero-order chi connectivity index (χ0) is 12.1. The van der Waals surface area contributed by atoms with Crippen LogP contribution in [-0.4, -0.2) is 6.54 Å². The largest absolute Gasteiger partial charge is 0.385 e. The second-order valence-corrected chi connectivity index (χ2v) is 5.03. The first-order valence-corrected chi connectivity index (χ1v) is 6.54. The molecule has 2 heteroatoms. The van der Waals surface area contributed by atoms with Gasteiger partial charge < -0.3 is 5.32 Å². The normalized spacial score (nSPS) is 16.5. The Balaban J connectivity index is 1.90. The van der Waals surface area contributed by atoms with Crippen molar-refractivity contribution in [3.8, 4) is 6.07 Å². The van der Waals surface area contributed by atoms with E-state index >= 15 is 0 Å². The van der Waals surface area contributed by atoms with Gasteiger partial charge in [0.05, 0.1) is 11.6 Å². The summed E-state index contributed by atoms with van der Waals surface area (Å²) in [5, 5.41) is 12.4. The van der Waals surface area contributed by atoms with Crippen molar-refractivity contribution in [2.45, 2.75) is 39.0 Å². The number of hydrogen-bond donors (Lipinski definition) is 1. The van der Waals surface area contributed by atoms with Crippen molar-refractivity contribution in [3.63, 3.8) is 0 Å². The van der Waals surface area contributed by atoms with Crippen molar-refractivity contribution < 1.29 is 0 Å². The summed E-state index contributed by atoms with van der Waals surface area (Å²) >= 11 is 0. The first-order chi connectivity index (χ1) is 8.29. The predicted octanol–water partition coefficient (Wildman–Crippen LogP) is 3.86. The molecule has 0 aromatic heterocycles. The van der Waals surface area contributed by atoms with Crippen molar-refractivity contribution >= 4 is 5.69 Å². The third-order valence-electron chi connectivity index (χ3n) is 3.67. The smallest absolute Gasteiger partial charge is 0.0994 e. The Morgan fingerprint density at radius 2 is 2.06 bits per heavy atom. The molecule has 0 heterocycles. The van der Waals surface area contributed by atoms with E-state index in [1.807, 2.05) is 19.1 Å². The van der Waals surface area contributed by atoms with Crippen molar-refractivity contribution in [2.24, 2.45) is 5.92 Å². The van der Waals surface area contributed by atoms with Gasteiger partial charge in [0, 0.05) is 12.2 Å². The lowest BCUT2D eigenvalue weighted by Crippen LogP contribution is -2.17. The predicted molar refractivity (Wildman–Crippen MR) is 71.0 cm³/mol. The minimum atomic E-state index is 0.771. The third kappa shape index (κ3) is 3.23. The standard InChI is InChI=1S/C15H20N2/c1-12-9-15(8-7-14(12)10-16)17-11-13-5-3-2-4-6-13/h7-9,13,17H,2-6,11H2,1H3. The minimum absolute atomic E-state index is 0.771. The SMILES string of the molecule is Cc1cc(NCC2CCCCC2)ccc1C#N. The first-order valence-electron chi connectivity index (χ1n) is 6.54. The Morgan fingerprint density at radius 3 is 2.71 bits per heavy atom. The molecule has 90 valence electrons. The maximum Gasteiger partial charge on any atom is 0.0994 e. The molecule has 1 saturated carbocycles. The number of nitrogens with zero attached hydrogens (tertiary/aromatic N) is 1. The van der Waals surface area contributed by atoms with Gasteiger partial charge in [0.1, 0.15) is 0 Å². The minimum Gasteiger partial charge on any atom is -0.385 e. The van der Waals surface area contributed by atoms with Gasteiger partial charge in [-0.05, 0) is 49.4 Å². The molecule has 0 unspecified atom stereocenters. The van der Waals surface area contributed by atoms with Crippen LogP contribution in [0.15, 0.2) is 18.2 Å². The van der Waals surface area contributed by atoms with Crippen molar-refractivity contribution in [1.29, 1.82) is 5.26 Å². The molecule has 1 fully saturated rings. The highest BCUT2D eigenvalue weighted by Crippen LogP contribution is 2.24. The topological polar surface area (TPSA) is 35.8 Å². The van der Waals surface area contributed by atoms with Gasteiger partial charge in [0.2, 0.25) is 0 Å². The molecule has 2 rings (SSSR count). The molecule has 0 atom stereocenters. The van der Waals surface area contributed by atoms with E-state index in [2.05, 4.69) is 17.5 Å². The molecule has 1 aliphatic carbocycles. The van der Waals surface area contributed by atoms with Crippen LogP contribution in [0.5, 0.6) is 0 Å². The Bertz CT molecular complexity index is 411. The van der Waals surface area contributed by atoms with Crippen LogP contribution in [-0.2, 0) is 0 Å².